The molecule has 154 valence electrons. The minimum absolute atomic E-state index is 0.0232. The zero-order valence-electron chi connectivity index (χ0n) is 14.0. The van der Waals surface area contributed by atoms with Crippen LogP contribution in [0.2, 0.25) is 0 Å². The lowest BCUT2D eigenvalue weighted by molar-refractivity contribution is -0.143. The number of oxime groups is 1. The van der Waals surface area contributed by atoms with Crippen molar-refractivity contribution in [2.24, 2.45) is 5.16 Å². The molecule has 1 aliphatic rings. The Balaban J connectivity index is 2.17. The SMILES string of the molecule is CO/N=C(\C(=O)NC1C(=O)N(S(=O)(=O)O)C1CCl)c1csc(NC(=O)CCl)n1. The molecule has 12 nitrogen and oxygen atoms in total. The first-order valence-corrected chi connectivity index (χ1v) is 10.6. The third-order valence-corrected chi connectivity index (χ3v) is 5.64. The summed E-state index contributed by atoms with van der Waals surface area (Å²) < 4.78 is 31.6. The summed E-state index contributed by atoms with van der Waals surface area (Å²) in [6, 6.07) is -2.48. The van der Waals surface area contributed by atoms with E-state index < -0.39 is 40.1 Å². The van der Waals surface area contributed by atoms with Gasteiger partial charge in [0.25, 0.3) is 11.8 Å². The van der Waals surface area contributed by atoms with E-state index in [4.69, 9.17) is 27.8 Å². The number of β-lactam (4-membered cyclic amide) rings is 1. The highest BCUT2D eigenvalue weighted by Crippen LogP contribution is 2.25. The van der Waals surface area contributed by atoms with Crippen LogP contribution in [0.3, 0.4) is 0 Å². The molecule has 0 spiro atoms. The van der Waals surface area contributed by atoms with Crippen molar-refractivity contribution in [3.8, 4) is 0 Å². The van der Waals surface area contributed by atoms with Crippen molar-refractivity contribution in [1.82, 2.24) is 14.6 Å². The van der Waals surface area contributed by atoms with Gasteiger partial charge >= 0.3 is 10.3 Å². The quantitative estimate of drug-likeness (QED) is 0.148. The molecule has 1 aromatic rings. The second kappa shape index (κ2) is 9.00. The summed E-state index contributed by atoms with van der Waals surface area (Å²) in [4.78, 5) is 44.4. The third-order valence-electron chi connectivity index (χ3n) is 3.37. The number of amides is 3. The number of hydrogen-bond acceptors (Lipinski definition) is 9. The van der Waals surface area contributed by atoms with Crippen LogP contribution in [-0.4, -0.2) is 76.6 Å². The molecular weight excluding hydrogens is 461 g/mol. The van der Waals surface area contributed by atoms with E-state index in [0.717, 1.165) is 11.3 Å². The summed E-state index contributed by atoms with van der Waals surface area (Å²) >= 11 is 12.0. The molecular formula is C12H13Cl2N5O7S2. The van der Waals surface area contributed by atoms with E-state index >= 15 is 0 Å². The Kier molecular flexibility index (Phi) is 7.16. The first-order valence-electron chi connectivity index (χ1n) is 7.24. The maximum Gasteiger partial charge on any atom is 0.362 e. The fraction of sp³-hybridized carbons (Fsp3) is 0.417. The molecule has 0 saturated carbocycles. The summed E-state index contributed by atoms with van der Waals surface area (Å²) in [5, 5.41) is 9.75. The van der Waals surface area contributed by atoms with Gasteiger partial charge in [0.1, 0.15) is 24.7 Å². The average Bonchev–Trinajstić information content (AvgIpc) is 3.08. The summed E-state index contributed by atoms with van der Waals surface area (Å²) in [6.07, 6.45) is 0. The molecule has 0 bridgehead atoms. The third kappa shape index (κ3) is 4.70. The number of carbonyl (C=O) groups is 3. The molecule has 2 atom stereocenters. The highest BCUT2D eigenvalue weighted by Gasteiger charge is 2.53. The Bertz CT molecular complexity index is 919. The summed E-state index contributed by atoms with van der Waals surface area (Å²) in [5.41, 5.74) is -0.313. The Morgan fingerprint density at radius 3 is 2.68 bits per heavy atom. The maximum atomic E-state index is 12.5. The number of hydrogen-bond donors (Lipinski definition) is 3. The van der Waals surface area contributed by atoms with Gasteiger partial charge in [0.2, 0.25) is 5.91 Å². The molecule has 1 aromatic heterocycles. The van der Waals surface area contributed by atoms with Crippen molar-refractivity contribution in [3.05, 3.63) is 11.1 Å². The minimum atomic E-state index is -4.81. The van der Waals surface area contributed by atoms with E-state index in [1.54, 1.807) is 0 Å². The summed E-state index contributed by atoms with van der Waals surface area (Å²) in [6.45, 7) is 0. The van der Waals surface area contributed by atoms with Gasteiger partial charge in [-0.2, -0.15) is 8.42 Å². The van der Waals surface area contributed by atoms with Crippen molar-refractivity contribution in [2.75, 3.05) is 24.2 Å². The van der Waals surface area contributed by atoms with E-state index in [9.17, 15) is 22.8 Å². The van der Waals surface area contributed by atoms with Crippen LogP contribution >= 0.6 is 34.5 Å². The van der Waals surface area contributed by atoms with E-state index in [1.807, 2.05) is 0 Å². The number of anilines is 1. The van der Waals surface area contributed by atoms with Gasteiger partial charge in [-0.15, -0.1) is 34.5 Å². The fourth-order valence-electron chi connectivity index (χ4n) is 2.21. The highest BCUT2D eigenvalue weighted by atomic mass is 35.5. The molecule has 2 rings (SSSR count). The Hall–Kier alpha value is -2.00. The molecule has 1 aliphatic heterocycles. The normalized spacial score (nSPS) is 19.8. The highest BCUT2D eigenvalue weighted by molar-refractivity contribution is 7.84. The summed E-state index contributed by atoms with van der Waals surface area (Å²) in [5.74, 6) is -3.13. The fourth-order valence-corrected chi connectivity index (χ4v) is 4.27. The van der Waals surface area contributed by atoms with E-state index in [1.165, 1.54) is 12.5 Å². The van der Waals surface area contributed by atoms with Crippen molar-refractivity contribution < 1.29 is 32.2 Å². The second-order valence-corrected chi connectivity index (χ2v) is 7.85. The van der Waals surface area contributed by atoms with E-state index in [2.05, 4.69) is 25.6 Å². The number of alkyl halides is 2. The van der Waals surface area contributed by atoms with Crippen LogP contribution in [0.5, 0.6) is 0 Å². The molecule has 3 amide bonds. The first kappa shape index (κ1) is 22.3. The molecule has 0 radical (unpaired) electrons. The number of rotatable bonds is 8. The number of carbonyl (C=O) groups excluding carboxylic acids is 3. The van der Waals surface area contributed by atoms with Crippen LogP contribution in [0, 0.1) is 0 Å². The molecule has 16 heteroatoms. The lowest BCUT2D eigenvalue weighted by Crippen LogP contribution is -2.73. The molecule has 2 unspecified atom stereocenters. The smallest absolute Gasteiger partial charge is 0.362 e. The van der Waals surface area contributed by atoms with Crippen molar-refractivity contribution in [1.29, 1.82) is 0 Å². The van der Waals surface area contributed by atoms with Crippen molar-refractivity contribution >= 4 is 73.4 Å². The van der Waals surface area contributed by atoms with Gasteiger partial charge in [0.15, 0.2) is 10.8 Å². The lowest BCUT2D eigenvalue weighted by atomic mass is 10.0. The monoisotopic (exact) mass is 473 g/mol. The van der Waals surface area contributed by atoms with Crippen LogP contribution in [-0.2, 0) is 29.5 Å². The molecule has 28 heavy (non-hydrogen) atoms. The Morgan fingerprint density at radius 1 is 1.46 bits per heavy atom. The van der Waals surface area contributed by atoms with Crippen molar-refractivity contribution in [3.63, 3.8) is 0 Å². The van der Waals surface area contributed by atoms with Crippen LogP contribution in [0.15, 0.2) is 10.5 Å². The number of nitrogens with zero attached hydrogens (tertiary/aromatic N) is 3. The topological polar surface area (TPSA) is 167 Å². The lowest BCUT2D eigenvalue weighted by Gasteiger charge is -2.43. The first-order chi connectivity index (χ1) is 13.1. The van der Waals surface area contributed by atoms with Crippen LogP contribution in [0.1, 0.15) is 5.69 Å². The molecule has 1 fully saturated rings. The zero-order valence-corrected chi connectivity index (χ0v) is 17.1. The number of aromatic nitrogens is 1. The standard InChI is InChI=1S/C12H13Cl2N5O7S2/c1-26-18-8(5-4-27-12(15-5)16-7(20)3-14)10(21)17-9-6(2-13)19(11(9)22)28(23,24)25/h4,6,9H,2-3H2,1H3,(H,17,21)(H,15,16,20)(H,23,24,25)/b18-8-. The molecule has 1 saturated heterocycles. The predicted molar refractivity (Wildman–Crippen MR) is 99.8 cm³/mol. The average molecular weight is 474 g/mol. The zero-order chi connectivity index (χ0) is 21.1. The van der Waals surface area contributed by atoms with Crippen LogP contribution < -0.4 is 10.6 Å². The molecule has 0 aliphatic carbocycles. The molecule has 0 aromatic carbocycles. The minimum Gasteiger partial charge on any atom is -0.398 e. The van der Waals surface area contributed by atoms with Gasteiger partial charge in [-0.05, 0) is 0 Å². The van der Waals surface area contributed by atoms with Gasteiger partial charge in [-0.1, -0.05) is 5.16 Å². The van der Waals surface area contributed by atoms with Gasteiger partial charge in [0.05, 0.1) is 6.04 Å². The van der Waals surface area contributed by atoms with Gasteiger partial charge < -0.3 is 15.5 Å². The Labute approximate surface area is 172 Å². The van der Waals surface area contributed by atoms with Crippen LogP contribution in [0.25, 0.3) is 0 Å². The number of thiazole rings is 1. The van der Waals surface area contributed by atoms with E-state index in [0.29, 0.717) is 0 Å². The summed E-state index contributed by atoms with van der Waals surface area (Å²) in [7, 11) is -3.63. The van der Waals surface area contributed by atoms with Crippen molar-refractivity contribution in [2.45, 2.75) is 12.1 Å². The largest absolute Gasteiger partial charge is 0.398 e. The molecule has 2 heterocycles. The second-order valence-electron chi connectivity index (χ2n) is 5.13. The van der Waals surface area contributed by atoms with E-state index in [-0.39, 0.29) is 32.6 Å². The maximum absolute atomic E-state index is 12.5. The number of halogens is 2. The van der Waals surface area contributed by atoms with Crippen LogP contribution in [0.4, 0.5) is 5.13 Å². The van der Waals surface area contributed by atoms with Gasteiger partial charge in [0, 0.05) is 11.3 Å². The molecule has 3 N–H and O–H groups in total. The van der Waals surface area contributed by atoms with Gasteiger partial charge in [-0.25, -0.2) is 9.29 Å². The number of nitrogens with one attached hydrogen (secondary N) is 2. The van der Waals surface area contributed by atoms with Gasteiger partial charge in [-0.3, -0.25) is 18.9 Å². The predicted octanol–water partition coefficient (Wildman–Crippen LogP) is -0.592. The Morgan fingerprint density at radius 2 is 2.14 bits per heavy atom.